The molecule has 0 unspecified atom stereocenters. The SMILES string of the molecule is CN=C(NCc1cc2ccccc2[nH]1)N1CCN(c2ccccn2)CC1. The van der Waals surface area contributed by atoms with Gasteiger partial charge in [0.1, 0.15) is 5.82 Å². The van der Waals surface area contributed by atoms with Crippen molar-refractivity contribution < 1.29 is 0 Å². The molecule has 0 radical (unpaired) electrons. The van der Waals surface area contributed by atoms with Crippen LogP contribution in [0.25, 0.3) is 10.9 Å². The summed E-state index contributed by atoms with van der Waals surface area (Å²) in [5.74, 6) is 2.00. The van der Waals surface area contributed by atoms with E-state index in [-0.39, 0.29) is 0 Å². The predicted molar refractivity (Wildman–Crippen MR) is 107 cm³/mol. The minimum atomic E-state index is 0.738. The van der Waals surface area contributed by atoms with Gasteiger partial charge in [-0.25, -0.2) is 4.98 Å². The number of nitrogens with one attached hydrogen (secondary N) is 2. The topological polar surface area (TPSA) is 59.6 Å². The van der Waals surface area contributed by atoms with Crippen LogP contribution in [-0.4, -0.2) is 54.1 Å². The quantitative estimate of drug-likeness (QED) is 0.564. The zero-order chi connectivity index (χ0) is 17.8. The molecule has 1 aromatic carbocycles. The van der Waals surface area contributed by atoms with E-state index in [0.29, 0.717) is 0 Å². The van der Waals surface area contributed by atoms with Crippen molar-refractivity contribution in [3.63, 3.8) is 0 Å². The van der Waals surface area contributed by atoms with Crippen LogP contribution in [0.3, 0.4) is 0 Å². The van der Waals surface area contributed by atoms with Gasteiger partial charge in [-0.2, -0.15) is 0 Å². The molecule has 0 spiro atoms. The largest absolute Gasteiger partial charge is 0.357 e. The molecule has 26 heavy (non-hydrogen) atoms. The first-order valence-corrected chi connectivity index (χ1v) is 9.02. The summed E-state index contributed by atoms with van der Waals surface area (Å²) < 4.78 is 0. The Morgan fingerprint density at radius 1 is 1.12 bits per heavy atom. The normalized spacial score (nSPS) is 15.5. The lowest BCUT2D eigenvalue weighted by Crippen LogP contribution is -2.52. The summed E-state index contributed by atoms with van der Waals surface area (Å²) in [4.78, 5) is 17.0. The number of anilines is 1. The average Bonchev–Trinajstić information content (AvgIpc) is 3.12. The molecule has 2 N–H and O–H groups in total. The van der Waals surface area contributed by atoms with Crippen LogP contribution in [0.1, 0.15) is 5.69 Å². The Bertz CT molecular complexity index is 844. The third kappa shape index (κ3) is 3.49. The van der Waals surface area contributed by atoms with Gasteiger partial charge in [0, 0.05) is 50.6 Å². The number of para-hydroxylation sites is 1. The lowest BCUT2D eigenvalue weighted by Gasteiger charge is -2.37. The van der Waals surface area contributed by atoms with Crippen molar-refractivity contribution >= 4 is 22.7 Å². The first kappa shape index (κ1) is 16.4. The number of aromatic amines is 1. The van der Waals surface area contributed by atoms with Gasteiger partial charge in [-0.1, -0.05) is 24.3 Å². The van der Waals surface area contributed by atoms with Crippen molar-refractivity contribution in [3.8, 4) is 0 Å². The third-order valence-electron chi connectivity index (χ3n) is 4.79. The summed E-state index contributed by atoms with van der Waals surface area (Å²) in [6, 6.07) is 16.6. The van der Waals surface area contributed by atoms with E-state index in [1.54, 1.807) is 0 Å². The molecule has 0 bridgehead atoms. The minimum Gasteiger partial charge on any atom is -0.357 e. The monoisotopic (exact) mass is 348 g/mol. The fourth-order valence-electron chi connectivity index (χ4n) is 3.42. The first-order chi connectivity index (χ1) is 12.8. The molecule has 3 heterocycles. The highest BCUT2D eigenvalue weighted by atomic mass is 15.4. The minimum absolute atomic E-state index is 0.738. The molecule has 1 fully saturated rings. The number of guanidine groups is 1. The number of nitrogens with zero attached hydrogens (tertiary/aromatic N) is 4. The Labute approximate surface area is 153 Å². The summed E-state index contributed by atoms with van der Waals surface area (Å²) >= 11 is 0. The summed E-state index contributed by atoms with van der Waals surface area (Å²) in [6.07, 6.45) is 1.85. The lowest BCUT2D eigenvalue weighted by atomic mass is 10.2. The van der Waals surface area contributed by atoms with Crippen LogP contribution in [0.15, 0.2) is 59.7 Å². The molecule has 2 aromatic heterocycles. The fraction of sp³-hybridized carbons (Fsp3) is 0.300. The van der Waals surface area contributed by atoms with Crippen molar-refractivity contribution in [2.24, 2.45) is 4.99 Å². The van der Waals surface area contributed by atoms with E-state index in [1.807, 2.05) is 25.4 Å². The number of hydrogen-bond donors (Lipinski definition) is 2. The molecular formula is C20H24N6. The van der Waals surface area contributed by atoms with Gasteiger partial charge >= 0.3 is 0 Å². The van der Waals surface area contributed by atoms with E-state index in [1.165, 1.54) is 16.6 Å². The van der Waals surface area contributed by atoms with E-state index in [4.69, 9.17) is 0 Å². The van der Waals surface area contributed by atoms with Crippen LogP contribution in [-0.2, 0) is 6.54 Å². The van der Waals surface area contributed by atoms with Crippen LogP contribution in [0.2, 0.25) is 0 Å². The predicted octanol–water partition coefficient (Wildman–Crippen LogP) is 2.46. The van der Waals surface area contributed by atoms with Crippen LogP contribution in [0.4, 0.5) is 5.82 Å². The Morgan fingerprint density at radius 2 is 1.92 bits per heavy atom. The van der Waals surface area contributed by atoms with Crippen LogP contribution < -0.4 is 10.2 Å². The molecule has 6 heteroatoms. The number of benzene rings is 1. The van der Waals surface area contributed by atoms with Crippen LogP contribution >= 0.6 is 0 Å². The standard InChI is InChI=1S/C20H24N6/c1-21-20(23-15-17-14-16-6-2-3-7-18(16)24-17)26-12-10-25(11-13-26)19-8-4-5-9-22-19/h2-9,14,24H,10-13,15H2,1H3,(H,21,23). The smallest absolute Gasteiger partial charge is 0.194 e. The Hall–Kier alpha value is -3.02. The number of hydrogen-bond acceptors (Lipinski definition) is 3. The number of H-pyrrole nitrogens is 1. The molecule has 0 aliphatic carbocycles. The summed E-state index contributed by atoms with van der Waals surface area (Å²) in [6.45, 7) is 4.50. The molecule has 1 saturated heterocycles. The van der Waals surface area contributed by atoms with Gasteiger partial charge in [-0.15, -0.1) is 0 Å². The molecule has 3 aromatic rings. The van der Waals surface area contributed by atoms with Gasteiger partial charge < -0.3 is 20.1 Å². The highest BCUT2D eigenvalue weighted by Crippen LogP contribution is 2.15. The molecule has 4 rings (SSSR count). The maximum absolute atomic E-state index is 4.46. The average molecular weight is 348 g/mol. The molecular weight excluding hydrogens is 324 g/mol. The van der Waals surface area contributed by atoms with E-state index in [9.17, 15) is 0 Å². The summed E-state index contributed by atoms with van der Waals surface area (Å²) in [7, 11) is 1.85. The number of piperazine rings is 1. The second-order valence-electron chi connectivity index (χ2n) is 6.44. The number of aliphatic imine (C=N–C) groups is 1. The zero-order valence-electron chi connectivity index (χ0n) is 15.0. The second kappa shape index (κ2) is 7.47. The highest BCUT2D eigenvalue weighted by molar-refractivity contribution is 5.82. The van der Waals surface area contributed by atoms with E-state index < -0.39 is 0 Å². The van der Waals surface area contributed by atoms with Gasteiger partial charge in [0.2, 0.25) is 0 Å². The molecule has 1 aliphatic heterocycles. The van der Waals surface area contributed by atoms with E-state index >= 15 is 0 Å². The maximum atomic E-state index is 4.46. The van der Waals surface area contributed by atoms with Crippen LogP contribution in [0, 0.1) is 0 Å². The third-order valence-corrected chi connectivity index (χ3v) is 4.79. The Kier molecular flexibility index (Phi) is 4.73. The van der Waals surface area contributed by atoms with Gasteiger partial charge in [-0.3, -0.25) is 4.99 Å². The Morgan fingerprint density at radius 3 is 2.65 bits per heavy atom. The molecule has 0 atom stereocenters. The maximum Gasteiger partial charge on any atom is 0.194 e. The number of pyridine rings is 1. The number of aromatic nitrogens is 2. The number of rotatable bonds is 3. The Balaban J connectivity index is 1.35. The molecule has 1 aliphatic rings. The zero-order valence-corrected chi connectivity index (χ0v) is 15.0. The number of fused-ring (bicyclic) bond motifs is 1. The van der Waals surface area contributed by atoms with Gasteiger partial charge in [0.05, 0.1) is 6.54 Å². The summed E-state index contributed by atoms with van der Waals surface area (Å²) in [5.41, 5.74) is 2.34. The van der Waals surface area contributed by atoms with Crippen molar-refractivity contribution in [2.45, 2.75) is 6.54 Å². The molecule has 134 valence electrons. The van der Waals surface area contributed by atoms with Crippen molar-refractivity contribution in [1.82, 2.24) is 20.2 Å². The van der Waals surface area contributed by atoms with E-state index in [2.05, 4.69) is 66.5 Å². The van der Waals surface area contributed by atoms with Gasteiger partial charge in [0.15, 0.2) is 5.96 Å². The van der Waals surface area contributed by atoms with Gasteiger partial charge in [0.25, 0.3) is 0 Å². The van der Waals surface area contributed by atoms with Crippen molar-refractivity contribution in [1.29, 1.82) is 0 Å². The highest BCUT2D eigenvalue weighted by Gasteiger charge is 2.20. The summed E-state index contributed by atoms with van der Waals surface area (Å²) in [5, 5.41) is 4.72. The van der Waals surface area contributed by atoms with E-state index in [0.717, 1.165) is 44.5 Å². The van der Waals surface area contributed by atoms with Crippen molar-refractivity contribution in [3.05, 3.63) is 60.4 Å². The molecule has 6 nitrogen and oxygen atoms in total. The van der Waals surface area contributed by atoms with Gasteiger partial charge in [-0.05, 0) is 29.7 Å². The van der Waals surface area contributed by atoms with Crippen LogP contribution in [0.5, 0.6) is 0 Å². The second-order valence-corrected chi connectivity index (χ2v) is 6.44. The first-order valence-electron chi connectivity index (χ1n) is 9.02. The lowest BCUT2D eigenvalue weighted by molar-refractivity contribution is 0.371. The van der Waals surface area contributed by atoms with Crippen molar-refractivity contribution in [2.75, 3.05) is 38.1 Å². The fourth-order valence-corrected chi connectivity index (χ4v) is 3.42. The molecule has 0 amide bonds. The molecule has 0 saturated carbocycles.